The minimum Gasteiger partial charge on any atom is -0.392 e. The lowest BCUT2D eigenvalue weighted by atomic mass is 10.1. The van der Waals surface area contributed by atoms with Crippen molar-refractivity contribution in [2.45, 2.75) is 52.7 Å². The van der Waals surface area contributed by atoms with E-state index in [1.807, 2.05) is 6.08 Å². The molecule has 118 valence electrons. The van der Waals surface area contributed by atoms with Crippen LogP contribution in [0, 0.1) is 12.8 Å². The first kappa shape index (κ1) is 17.9. The lowest BCUT2D eigenvalue weighted by molar-refractivity contribution is 0.0994. The summed E-state index contributed by atoms with van der Waals surface area (Å²) in [7, 11) is 0. The second-order valence-corrected chi connectivity index (χ2v) is 6.43. The van der Waals surface area contributed by atoms with Crippen molar-refractivity contribution in [2.75, 3.05) is 13.1 Å². The van der Waals surface area contributed by atoms with Crippen molar-refractivity contribution in [1.29, 1.82) is 0 Å². The maximum absolute atomic E-state index is 10.2. The molecule has 0 aliphatic heterocycles. The van der Waals surface area contributed by atoms with Crippen LogP contribution in [0.4, 0.5) is 0 Å². The van der Waals surface area contributed by atoms with E-state index in [9.17, 15) is 5.11 Å². The molecule has 0 heterocycles. The number of aliphatic hydroxyl groups excluding tert-OH is 1. The molecule has 1 unspecified atom stereocenters. The SMILES string of the molecule is C=CCCC(O)CN(CCC(C)C)Cc1cccc(C)c1. The van der Waals surface area contributed by atoms with Crippen LogP contribution in [0.25, 0.3) is 0 Å². The van der Waals surface area contributed by atoms with Crippen LogP contribution in [-0.4, -0.2) is 29.2 Å². The molecule has 1 aromatic carbocycles. The summed E-state index contributed by atoms with van der Waals surface area (Å²) in [5.74, 6) is 0.690. The zero-order valence-electron chi connectivity index (χ0n) is 13.9. The Morgan fingerprint density at radius 1 is 1.29 bits per heavy atom. The Hall–Kier alpha value is -1.12. The van der Waals surface area contributed by atoms with Gasteiger partial charge in [-0.3, -0.25) is 4.90 Å². The van der Waals surface area contributed by atoms with Crippen LogP contribution in [0.2, 0.25) is 0 Å². The summed E-state index contributed by atoms with van der Waals surface area (Å²) >= 11 is 0. The van der Waals surface area contributed by atoms with Crippen LogP contribution >= 0.6 is 0 Å². The van der Waals surface area contributed by atoms with Gasteiger partial charge in [-0.25, -0.2) is 0 Å². The van der Waals surface area contributed by atoms with Crippen molar-refractivity contribution in [3.05, 3.63) is 48.0 Å². The van der Waals surface area contributed by atoms with E-state index in [0.29, 0.717) is 5.92 Å². The number of rotatable bonds is 10. The van der Waals surface area contributed by atoms with Crippen LogP contribution in [0.5, 0.6) is 0 Å². The second-order valence-electron chi connectivity index (χ2n) is 6.43. The van der Waals surface area contributed by atoms with Gasteiger partial charge in [-0.05, 0) is 44.2 Å². The lowest BCUT2D eigenvalue weighted by Crippen LogP contribution is -2.33. The van der Waals surface area contributed by atoms with E-state index < -0.39 is 0 Å². The Morgan fingerprint density at radius 3 is 2.67 bits per heavy atom. The minimum absolute atomic E-state index is 0.264. The maximum atomic E-state index is 10.2. The topological polar surface area (TPSA) is 23.5 Å². The van der Waals surface area contributed by atoms with Crippen molar-refractivity contribution in [1.82, 2.24) is 4.90 Å². The van der Waals surface area contributed by atoms with Gasteiger partial charge in [0.25, 0.3) is 0 Å². The van der Waals surface area contributed by atoms with Gasteiger partial charge in [0.05, 0.1) is 6.10 Å². The standard InChI is InChI=1S/C19H31NO/c1-5-6-10-19(21)15-20(12-11-16(2)3)14-18-9-7-8-17(4)13-18/h5,7-9,13,16,19,21H,1,6,10-12,14-15H2,2-4H3. The summed E-state index contributed by atoms with van der Waals surface area (Å²) in [5.41, 5.74) is 2.62. The maximum Gasteiger partial charge on any atom is 0.0670 e. The first-order chi connectivity index (χ1) is 10.0. The zero-order chi connectivity index (χ0) is 15.7. The molecule has 1 aromatic rings. The Balaban J connectivity index is 2.60. The molecule has 0 aliphatic carbocycles. The van der Waals surface area contributed by atoms with E-state index in [4.69, 9.17) is 0 Å². The van der Waals surface area contributed by atoms with Gasteiger partial charge in [-0.1, -0.05) is 49.8 Å². The van der Waals surface area contributed by atoms with Crippen molar-refractivity contribution in [2.24, 2.45) is 5.92 Å². The summed E-state index contributed by atoms with van der Waals surface area (Å²) in [5, 5.41) is 10.2. The number of nitrogens with zero attached hydrogens (tertiary/aromatic N) is 1. The van der Waals surface area contributed by atoms with E-state index in [1.165, 1.54) is 17.5 Å². The average Bonchev–Trinajstić information content (AvgIpc) is 2.42. The van der Waals surface area contributed by atoms with Gasteiger partial charge >= 0.3 is 0 Å². The third-order valence-corrected chi connectivity index (χ3v) is 3.68. The number of aliphatic hydroxyl groups is 1. The Kier molecular flexibility index (Phi) is 8.33. The van der Waals surface area contributed by atoms with Crippen LogP contribution in [-0.2, 0) is 6.54 Å². The van der Waals surface area contributed by atoms with Crippen molar-refractivity contribution in [3.8, 4) is 0 Å². The average molecular weight is 289 g/mol. The minimum atomic E-state index is -0.264. The number of hydrogen-bond donors (Lipinski definition) is 1. The van der Waals surface area contributed by atoms with Crippen LogP contribution in [0.1, 0.15) is 44.2 Å². The number of aryl methyl sites for hydroxylation is 1. The van der Waals surface area contributed by atoms with Crippen molar-refractivity contribution >= 4 is 0 Å². The Labute approximate surface area is 130 Å². The van der Waals surface area contributed by atoms with Gasteiger partial charge < -0.3 is 5.11 Å². The Morgan fingerprint density at radius 2 is 2.05 bits per heavy atom. The molecule has 1 N–H and O–H groups in total. The van der Waals surface area contributed by atoms with Crippen molar-refractivity contribution < 1.29 is 5.11 Å². The van der Waals surface area contributed by atoms with Gasteiger partial charge in [0.2, 0.25) is 0 Å². The van der Waals surface area contributed by atoms with Crippen LogP contribution < -0.4 is 0 Å². The molecule has 21 heavy (non-hydrogen) atoms. The fourth-order valence-electron chi connectivity index (χ4n) is 2.44. The van der Waals surface area contributed by atoms with Gasteiger partial charge in [-0.2, -0.15) is 0 Å². The number of benzene rings is 1. The molecule has 0 fully saturated rings. The number of allylic oxidation sites excluding steroid dienone is 1. The third kappa shape index (κ3) is 8.03. The Bertz CT molecular complexity index is 414. The molecule has 2 heteroatoms. The first-order valence-corrected chi connectivity index (χ1v) is 8.08. The molecule has 0 saturated heterocycles. The van der Waals surface area contributed by atoms with Gasteiger partial charge in [0, 0.05) is 13.1 Å². The first-order valence-electron chi connectivity index (χ1n) is 8.08. The molecular formula is C19H31NO. The molecule has 0 radical (unpaired) electrons. The van der Waals surface area contributed by atoms with Crippen LogP contribution in [0.3, 0.4) is 0 Å². The van der Waals surface area contributed by atoms with E-state index in [1.54, 1.807) is 0 Å². The molecule has 1 rings (SSSR count). The predicted octanol–water partition coefficient (Wildman–Crippen LogP) is 4.17. The molecule has 0 amide bonds. The van der Waals surface area contributed by atoms with Crippen LogP contribution in [0.15, 0.2) is 36.9 Å². The van der Waals surface area contributed by atoms with E-state index in [0.717, 1.165) is 32.5 Å². The molecular weight excluding hydrogens is 258 g/mol. The highest BCUT2D eigenvalue weighted by Gasteiger charge is 2.12. The quantitative estimate of drug-likeness (QED) is 0.653. The highest BCUT2D eigenvalue weighted by molar-refractivity contribution is 5.22. The fraction of sp³-hybridized carbons (Fsp3) is 0.579. The predicted molar refractivity (Wildman–Crippen MR) is 91.3 cm³/mol. The smallest absolute Gasteiger partial charge is 0.0670 e. The lowest BCUT2D eigenvalue weighted by Gasteiger charge is -2.26. The van der Waals surface area contributed by atoms with Gasteiger partial charge in [0.1, 0.15) is 0 Å². The van der Waals surface area contributed by atoms with Gasteiger partial charge in [-0.15, -0.1) is 6.58 Å². The summed E-state index contributed by atoms with van der Waals surface area (Å²) < 4.78 is 0. The fourth-order valence-corrected chi connectivity index (χ4v) is 2.44. The zero-order valence-corrected chi connectivity index (χ0v) is 13.9. The van der Waals surface area contributed by atoms with E-state index in [-0.39, 0.29) is 6.10 Å². The molecule has 0 saturated carbocycles. The summed E-state index contributed by atoms with van der Waals surface area (Å²) in [4.78, 5) is 2.38. The van der Waals surface area contributed by atoms with E-state index >= 15 is 0 Å². The largest absolute Gasteiger partial charge is 0.392 e. The highest BCUT2D eigenvalue weighted by atomic mass is 16.3. The highest BCUT2D eigenvalue weighted by Crippen LogP contribution is 2.12. The molecule has 1 atom stereocenters. The summed E-state index contributed by atoms with van der Waals surface area (Å²) in [6, 6.07) is 8.64. The third-order valence-electron chi connectivity index (χ3n) is 3.68. The molecule has 0 spiro atoms. The monoisotopic (exact) mass is 289 g/mol. The number of hydrogen-bond acceptors (Lipinski definition) is 2. The molecule has 0 aromatic heterocycles. The second kappa shape index (κ2) is 9.75. The summed E-state index contributed by atoms with van der Waals surface area (Å²) in [6.07, 6.45) is 4.46. The van der Waals surface area contributed by atoms with Crippen molar-refractivity contribution in [3.63, 3.8) is 0 Å². The van der Waals surface area contributed by atoms with E-state index in [2.05, 4.69) is 56.5 Å². The molecule has 0 bridgehead atoms. The van der Waals surface area contributed by atoms with Gasteiger partial charge in [0.15, 0.2) is 0 Å². The molecule has 2 nitrogen and oxygen atoms in total. The summed E-state index contributed by atoms with van der Waals surface area (Å²) in [6.45, 7) is 13.0. The molecule has 0 aliphatic rings. The normalized spacial score (nSPS) is 12.9.